The van der Waals surface area contributed by atoms with E-state index in [0.717, 1.165) is 12.5 Å². The molecular formula is C16H18FNO3. The SMILES string of the molecule is CC1(C)CCN(C(=O)c2ccc(/C=C/C(=O)O)cc2F)C1. The van der Waals surface area contributed by atoms with Crippen molar-refractivity contribution in [1.82, 2.24) is 4.90 Å². The first-order valence-corrected chi connectivity index (χ1v) is 6.78. The Morgan fingerprint density at radius 3 is 2.62 bits per heavy atom. The molecule has 1 aliphatic rings. The molecule has 1 fully saturated rings. The third-order valence-corrected chi connectivity index (χ3v) is 3.61. The van der Waals surface area contributed by atoms with Gasteiger partial charge in [0, 0.05) is 19.2 Å². The van der Waals surface area contributed by atoms with Crippen molar-refractivity contribution in [3.8, 4) is 0 Å². The fourth-order valence-corrected chi connectivity index (χ4v) is 2.43. The molecule has 0 bridgehead atoms. The van der Waals surface area contributed by atoms with Crippen molar-refractivity contribution in [2.45, 2.75) is 20.3 Å². The summed E-state index contributed by atoms with van der Waals surface area (Å²) in [6.45, 7) is 5.41. The van der Waals surface area contributed by atoms with E-state index >= 15 is 0 Å². The second-order valence-electron chi connectivity index (χ2n) is 6.05. The average molecular weight is 291 g/mol. The Kier molecular flexibility index (Phi) is 4.11. The van der Waals surface area contributed by atoms with Gasteiger partial charge >= 0.3 is 5.97 Å². The maximum absolute atomic E-state index is 14.0. The fourth-order valence-electron chi connectivity index (χ4n) is 2.43. The van der Waals surface area contributed by atoms with E-state index in [1.54, 1.807) is 4.90 Å². The summed E-state index contributed by atoms with van der Waals surface area (Å²) in [5, 5.41) is 8.54. The quantitative estimate of drug-likeness (QED) is 0.871. The number of hydrogen-bond acceptors (Lipinski definition) is 2. The smallest absolute Gasteiger partial charge is 0.328 e. The highest BCUT2D eigenvalue weighted by molar-refractivity contribution is 5.95. The van der Waals surface area contributed by atoms with Gasteiger partial charge in [0.2, 0.25) is 0 Å². The summed E-state index contributed by atoms with van der Waals surface area (Å²) in [4.78, 5) is 24.4. The highest BCUT2D eigenvalue weighted by atomic mass is 19.1. The molecule has 1 aromatic rings. The summed E-state index contributed by atoms with van der Waals surface area (Å²) in [7, 11) is 0. The van der Waals surface area contributed by atoms with Crippen LogP contribution in [-0.4, -0.2) is 35.0 Å². The first-order chi connectivity index (χ1) is 9.78. The van der Waals surface area contributed by atoms with Gasteiger partial charge in [-0.05, 0) is 35.6 Å². The zero-order valence-corrected chi connectivity index (χ0v) is 12.1. The van der Waals surface area contributed by atoms with E-state index in [4.69, 9.17) is 5.11 Å². The number of aliphatic carboxylic acids is 1. The van der Waals surface area contributed by atoms with Gasteiger partial charge < -0.3 is 10.0 Å². The normalized spacial score (nSPS) is 17.4. The average Bonchev–Trinajstić information content (AvgIpc) is 2.76. The number of carboxylic acid groups (broad SMARTS) is 1. The number of benzene rings is 1. The monoisotopic (exact) mass is 291 g/mol. The van der Waals surface area contributed by atoms with E-state index < -0.39 is 11.8 Å². The van der Waals surface area contributed by atoms with Crippen LogP contribution in [0.25, 0.3) is 6.08 Å². The molecule has 21 heavy (non-hydrogen) atoms. The van der Waals surface area contributed by atoms with E-state index in [1.165, 1.54) is 24.3 Å². The van der Waals surface area contributed by atoms with E-state index in [9.17, 15) is 14.0 Å². The van der Waals surface area contributed by atoms with Gasteiger partial charge in [-0.25, -0.2) is 9.18 Å². The van der Waals surface area contributed by atoms with Crippen molar-refractivity contribution in [3.63, 3.8) is 0 Å². The third kappa shape index (κ3) is 3.68. The molecule has 0 atom stereocenters. The first-order valence-electron chi connectivity index (χ1n) is 6.78. The molecule has 1 heterocycles. The molecule has 5 heteroatoms. The predicted molar refractivity (Wildman–Crippen MR) is 77.4 cm³/mol. The lowest BCUT2D eigenvalue weighted by Crippen LogP contribution is -2.30. The molecule has 1 aliphatic heterocycles. The molecule has 0 aliphatic carbocycles. The number of rotatable bonds is 3. The molecule has 1 N–H and O–H groups in total. The Hall–Kier alpha value is -2.17. The third-order valence-electron chi connectivity index (χ3n) is 3.61. The molecule has 0 saturated carbocycles. The van der Waals surface area contributed by atoms with Crippen molar-refractivity contribution < 1.29 is 19.1 Å². The second kappa shape index (κ2) is 5.68. The number of likely N-dealkylation sites (tertiary alicyclic amines) is 1. The van der Waals surface area contributed by atoms with E-state index in [-0.39, 0.29) is 16.9 Å². The molecule has 1 aromatic carbocycles. The Bertz CT molecular complexity index is 608. The predicted octanol–water partition coefficient (Wildman–Crippen LogP) is 2.80. The van der Waals surface area contributed by atoms with Gasteiger partial charge in [-0.3, -0.25) is 4.79 Å². The van der Waals surface area contributed by atoms with Crippen LogP contribution < -0.4 is 0 Å². The van der Waals surface area contributed by atoms with E-state index in [0.29, 0.717) is 18.7 Å². The van der Waals surface area contributed by atoms with Gasteiger partial charge in [0.05, 0.1) is 5.56 Å². The topological polar surface area (TPSA) is 57.6 Å². The largest absolute Gasteiger partial charge is 0.478 e. The zero-order chi connectivity index (χ0) is 15.6. The molecule has 1 amide bonds. The van der Waals surface area contributed by atoms with Crippen molar-refractivity contribution in [1.29, 1.82) is 0 Å². The molecular weight excluding hydrogens is 273 g/mol. The number of carbonyl (C=O) groups is 2. The summed E-state index contributed by atoms with van der Waals surface area (Å²) in [5.41, 5.74) is 0.504. The van der Waals surface area contributed by atoms with Crippen LogP contribution in [0.4, 0.5) is 4.39 Å². The number of halogens is 1. The number of nitrogens with zero attached hydrogens (tertiary/aromatic N) is 1. The van der Waals surface area contributed by atoms with Crippen LogP contribution in [0.2, 0.25) is 0 Å². The molecule has 0 spiro atoms. The molecule has 0 radical (unpaired) electrons. The first kappa shape index (κ1) is 15.2. The highest BCUT2D eigenvalue weighted by Gasteiger charge is 2.33. The molecule has 4 nitrogen and oxygen atoms in total. The van der Waals surface area contributed by atoms with Crippen molar-refractivity contribution in [2.75, 3.05) is 13.1 Å². The Morgan fingerprint density at radius 1 is 1.38 bits per heavy atom. The minimum absolute atomic E-state index is 0.0279. The Labute approximate surface area is 122 Å². The fraction of sp³-hybridized carbons (Fsp3) is 0.375. The van der Waals surface area contributed by atoms with Crippen molar-refractivity contribution >= 4 is 18.0 Å². The molecule has 1 saturated heterocycles. The Balaban J connectivity index is 2.17. The van der Waals surface area contributed by atoms with Crippen LogP contribution in [0.3, 0.4) is 0 Å². The van der Waals surface area contributed by atoms with Crippen molar-refractivity contribution in [3.05, 3.63) is 41.2 Å². The zero-order valence-electron chi connectivity index (χ0n) is 12.1. The van der Waals surface area contributed by atoms with E-state index in [1.807, 2.05) is 0 Å². The number of carboxylic acids is 1. The van der Waals surface area contributed by atoms with E-state index in [2.05, 4.69) is 13.8 Å². The van der Waals surface area contributed by atoms with Crippen LogP contribution in [-0.2, 0) is 4.79 Å². The summed E-state index contributed by atoms with van der Waals surface area (Å²) in [5.74, 6) is -2.04. The number of hydrogen-bond donors (Lipinski definition) is 1. The van der Waals surface area contributed by atoms with Gasteiger partial charge in [0.25, 0.3) is 5.91 Å². The molecule has 0 aromatic heterocycles. The number of carbonyl (C=O) groups excluding carboxylic acids is 1. The lowest BCUT2D eigenvalue weighted by atomic mass is 9.93. The van der Waals surface area contributed by atoms with Crippen LogP contribution in [0, 0.1) is 11.2 Å². The van der Waals surface area contributed by atoms with Gasteiger partial charge in [-0.15, -0.1) is 0 Å². The standard InChI is InChI=1S/C16H18FNO3/c1-16(2)7-8-18(10-16)15(21)12-5-3-11(9-13(12)17)4-6-14(19)20/h3-6,9H,7-8,10H2,1-2H3,(H,19,20)/b6-4+. The van der Waals surface area contributed by atoms with Gasteiger partial charge in [0.1, 0.15) is 5.82 Å². The summed E-state index contributed by atoms with van der Waals surface area (Å²) in [6, 6.07) is 4.12. The minimum atomic E-state index is -1.10. The highest BCUT2D eigenvalue weighted by Crippen LogP contribution is 2.30. The Morgan fingerprint density at radius 2 is 2.10 bits per heavy atom. The van der Waals surface area contributed by atoms with Crippen molar-refractivity contribution in [2.24, 2.45) is 5.41 Å². The summed E-state index contributed by atoms with van der Waals surface area (Å²) in [6.07, 6.45) is 3.12. The maximum atomic E-state index is 14.0. The minimum Gasteiger partial charge on any atom is -0.478 e. The lowest BCUT2D eigenvalue weighted by Gasteiger charge is -2.20. The summed E-state index contributed by atoms with van der Waals surface area (Å²) >= 11 is 0. The number of amides is 1. The second-order valence-corrected chi connectivity index (χ2v) is 6.05. The van der Waals surface area contributed by atoms with Crippen LogP contribution in [0.5, 0.6) is 0 Å². The van der Waals surface area contributed by atoms with Gasteiger partial charge in [-0.2, -0.15) is 0 Å². The maximum Gasteiger partial charge on any atom is 0.328 e. The van der Waals surface area contributed by atoms with Crippen LogP contribution >= 0.6 is 0 Å². The summed E-state index contributed by atoms with van der Waals surface area (Å²) < 4.78 is 14.0. The molecule has 2 rings (SSSR count). The van der Waals surface area contributed by atoms with Crippen LogP contribution in [0.1, 0.15) is 36.2 Å². The molecule has 0 unspecified atom stereocenters. The van der Waals surface area contributed by atoms with Crippen LogP contribution in [0.15, 0.2) is 24.3 Å². The van der Waals surface area contributed by atoms with Gasteiger partial charge in [-0.1, -0.05) is 19.9 Å². The molecule has 112 valence electrons. The lowest BCUT2D eigenvalue weighted by molar-refractivity contribution is -0.131. The van der Waals surface area contributed by atoms with Gasteiger partial charge in [0.15, 0.2) is 0 Å².